The van der Waals surface area contributed by atoms with Gasteiger partial charge in [0, 0.05) is 49.3 Å². The number of pyridine rings is 1. The van der Waals surface area contributed by atoms with E-state index in [1.807, 2.05) is 53.4 Å². The summed E-state index contributed by atoms with van der Waals surface area (Å²) in [6.45, 7) is 0. The van der Waals surface area contributed by atoms with Gasteiger partial charge in [-0.25, -0.2) is 9.97 Å². The Morgan fingerprint density at radius 2 is 1.97 bits per heavy atom. The minimum Gasteiger partial charge on any atom is -0.360 e. The molecule has 3 aromatic heterocycles. The maximum absolute atomic E-state index is 12.8. The molecule has 0 aliphatic rings. The van der Waals surface area contributed by atoms with Crippen LogP contribution in [0.5, 0.6) is 0 Å². The fourth-order valence-corrected chi connectivity index (χ4v) is 5.39. The Kier molecular flexibility index (Phi) is 5.40. The number of aryl methyl sites for hydroxylation is 2. The quantitative estimate of drug-likeness (QED) is 0.358. The lowest BCUT2D eigenvalue weighted by Gasteiger charge is -2.31. The molecule has 5 rings (SSSR count). The zero-order valence-corrected chi connectivity index (χ0v) is 19.9. The number of hydrogen-bond donors (Lipinski definition) is 0. The Morgan fingerprint density at radius 1 is 1.12 bits per heavy atom. The normalized spacial score (nSPS) is 13.3. The molecule has 2 aromatic carbocycles. The molecule has 0 amide bonds. The molecule has 0 aliphatic carbocycles. The highest BCUT2D eigenvalue weighted by atomic mass is 35.5. The number of benzene rings is 2. The van der Waals surface area contributed by atoms with E-state index < -0.39 is 5.60 Å². The van der Waals surface area contributed by atoms with Crippen molar-refractivity contribution in [1.29, 1.82) is 0 Å². The molecule has 8 heteroatoms. The highest BCUT2D eigenvalue weighted by Gasteiger charge is 2.42. The number of aromatic nitrogens is 4. The molecule has 33 heavy (non-hydrogen) atoms. The van der Waals surface area contributed by atoms with Gasteiger partial charge in [0.1, 0.15) is 5.01 Å². The predicted octanol–water partition coefficient (Wildman–Crippen LogP) is 4.99. The SMILES string of the molecule is COC(c1ccc2c(c1)c(-c1cccc(Cl)c1)cc(=O)n2C)(c1nccs1)c1cncn1C. The molecule has 0 bridgehead atoms. The molecule has 1 unspecified atom stereocenters. The van der Waals surface area contributed by atoms with Crippen molar-refractivity contribution in [2.45, 2.75) is 5.60 Å². The van der Waals surface area contributed by atoms with Crippen LogP contribution in [0.3, 0.4) is 0 Å². The zero-order chi connectivity index (χ0) is 23.2. The smallest absolute Gasteiger partial charge is 0.251 e. The molecule has 0 radical (unpaired) electrons. The average Bonchev–Trinajstić information content (AvgIpc) is 3.50. The Labute approximate surface area is 199 Å². The third-order valence-corrected chi connectivity index (χ3v) is 7.11. The third-order valence-electron chi connectivity index (χ3n) is 6.01. The van der Waals surface area contributed by atoms with Gasteiger partial charge in [0.25, 0.3) is 5.56 Å². The van der Waals surface area contributed by atoms with Crippen molar-refractivity contribution in [3.8, 4) is 11.1 Å². The van der Waals surface area contributed by atoms with Crippen LogP contribution in [0.1, 0.15) is 16.3 Å². The van der Waals surface area contributed by atoms with Crippen LogP contribution in [0.2, 0.25) is 5.02 Å². The van der Waals surface area contributed by atoms with Gasteiger partial charge in [-0.2, -0.15) is 0 Å². The van der Waals surface area contributed by atoms with Gasteiger partial charge in [0.2, 0.25) is 0 Å². The van der Waals surface area contributed by atoms with Gasteiger partial charge in [0.05, 0.1) is 23.7 Å². The van der Waals surface area contributed by atoms with E-state index in [9.17, 15) is 4.79 Å². The molecular weight excluding hydrogens is 456 g/mol. The van der Waals surface area contributed by atoms with E-state index in [0.717, 1.165) is 38.3 Å². The summed E-state index contributed by atoms with van der Waals surface area (Å²) in [5.74, 6) is 0. The van der Waals surface area contributed by atoms with Crippen LogP contribution in [-0.2, 0) is 24.4 Å². The van der Waals surface area contributed by atoms with Crippen molar-refractivity contribution in [2.24, 2.45) is 14.1 Å². The number of halogens is 1. The molecule has 0 saturated heterocycles. The molecule has 166 valence electrons. The number of rotatable bonds is 5. The molecule has 0 spiro atoms. The summed E-state index contributed by atoms with van der Waals surface area (Å²) in [5, 5.41) is 4.25. The summed E-state index contributed by atoms with van der Waals surface area (Å²) in [5.41, 5.74) is 3.19. The van der Waals surface area contributed by atoms with E-state index in [1.54, 1.807) is 43.5 Å². The van der Waals surface area contributed by atoms with E-state index in [2.05, 4.69) is 16.0 Å². The second kappa shape index (κ2) is 8.26. The Morgan fingerprint density at radius 3 is 2.64 bits per heavy atom. The topological polar surface area (TPSA) is 61.9 Å². The number of ether oxygens (including phenoxy) is 1. The Balaban J connectivity index is 1.87. The number of fused-ring (bicyclic) bond motifs is 1. The first kappa shape index (κ1) is 21.6. The van der Waals surface area contributed by atoms with Crippen LogP contribution < -0.4 is 5.56 Å². The van der Waals surface area contributed by atoms with Gasteiger partial charge in [0.15, 0.2) is 5.60 Å². The van der Waals surface area contributed by atoms with Crippen LogP contribution in [0.25, 0.3) is 22.0 Å². The van der Waals surface area contributed by atoms with Crippen molar-refractivity contribution < 1.29 is 4.74 Å². The van der Waals surface area contributed by atoms with Crippen LogP contribution in [0, 0.1) is 0 Å². The zero-order valence-electron chi connectivity index (χ0n) is 18.3. The fourth-order valence-electron chi connectivity index (χ4n) is 4.36. The second-order valence-corrected chi connectivity index (χ2v) is 9.14. The van der Waals surface area contributed by atoms with Crippen LogP contribution in [0.4, 0.5) is 0 Å². The minimum absolute atomic E-state index is 0.0882. The largest absolute Gasteiger partial charge is 0.360 e. The van der Waals surface area contributed by atoms with Crippen molar-refractivity contribution in [3.05, 3.63) is 104 Å². The molecule has 5 aromatic rings. The van der Waals surface area contributed by atoms with Gasteiger partial charge < -0.3 is 13.9 Å². The first-order valence-electron chi connectivity index (χ1n) is 10.3. The van der Waals surface area contributed by atoms with Crippen LogP contribution in [-0.4, -0.2) is 26.2 Å². The van der Waals surface area contributed by atoms with E-state index in [-0.39, 0.29) is 5.56 Å². The summed E-state index contributed by atoms with van der Waals surface area (Å²) in [7, 11) is 5.39. The van der Waals surface area contributed by atoms with E-state index in [4.69, 9.17) is 16.3 Å². The van der Waals surface area contributed by atoms with Gasteiger partial charge >= 0.3 is 0 Å². The molecule has 0 saturated carbocycles. The molecule has 0 fully saturated rings. The Bertz CT molecular complexity index is 1520. The lowest BCUT2D eigenvalue weighted by Crippen LogP contribution is -2.33. The number of thiazole rings is 1. The van der Waals surface area contributed by atoms with Crippen LogP contribution in [0.15, 0.2) is 77.4 Å². The van der Waals surface area contributed by atoms with Gasteiger partial charge in [-0.05, 0) is 41.0 Å². The average molecular weight is 477 g/mol. The van der Waals surface area contributed by atoms with Crippen molar-refractivity contribution >= 4 is 33.8 Å². The monoisotopic (exact) mass is 476 g/mol. The maximum Gasteiger partial charge on any atom is 0.251 e. The number of hydrogen-bond acceptors (Lipinski definition) is 5. The lowest BCUT2D eigenvalue weighted by atomic mass is 9.88. The number of imidazole rings is 1. The molecular formula is C25H21ClN4O2S. The second-order valence-electron chi connectivity index (χ2n) is 7.81. The fraction of sp³-hybridized carbons (Fsp3) is 0.160. The summed E-state index contributed by atoms with van der Waals surface area (Å²) < 4.78 is 9.84. The van der Waals surface area contributed by atoms with Crippen molar-refractivity contribution in [3.63, 3.8) is 0 Å². The van der Waals surface area contributed by atoms with Gasteiger partial charge in [-0.3, -0.25) is 4.79 Å². The lowest BCUT2D eigenvalue weighted by molar-refractivity contribution is 0.0522. The van der Waals surface area contributed by atoms with Gasteiger partial charge in [-0.15, -0.1) is 11.3 Å². The molecule has 0 N–H and O–H groups in total. The predicted molar refractivity (Wildman–Crippen MR) is 132 cm³/mol. The van der Waals surface area contributed by atoms with Gasteiger partial charge in [-0.1, -0.05) is 29.8 Å². The first-order chi connectivity index (χ1) is 16.0. The molecule has 1 atom stereocenters. The minimum atomic E-state index is -0.964. The van der Waals surface area contributed by atoms with Crippen LogP contribution >= 0.6 is 22.9 Å². The first-order valence-corrected chi connectivity index (χ1v) is 11.5. The summed E-state index contributed by atoms with van der Waals surface area (Å²) in [6.07, 6.45) is 5.32. The summed E-state index contributed by atoms with van der Waals surface area (Å²) in [4.78, 5) is 21.7. The third kappa shape index (κ3) is 3.40. The van der Waals surface area contributed by atoms with E-state index >= 15 is 0 Å². The maximum atomic E-state index is 12.8. The van der Waals surface area contributed by atoms with Crippen molar-refractivity contribution in [2.75, 3.05) is 7.11 Å². The number of nitrogens with zero attached hydrogens (tertiary/aromatic N) is 4. The highest BCUT2D eigenvalue weighted by Crippen LogP contribution is 2.42. The van der Waals surface area contributed by atoms with E-state index in [0.29, 0.717) is 5.02 Å². The standard InChI is InChI=1S/C25H21ClN4O2S/c1-29-15-27-14-22(29)25(32-3,24-28-9-10-33-24)17-7-8-21-20(12-17)19(13-23(31)30(21)2)16-5-4-6-18(26)11-16/h4-15H,1-3H3. The van der Waals surface area contributed by atoms with Crippen molar-refractivity contribution in [1.82, 2.24) is 19.1 Å². The molecule has 3 heterocycles. The molecule has 6 nitrogen and oxygen atoms in total. The highest BCUT2D eigenvalue weighted by molar-refractivity contribution is 7.09. The summed E-state index contributed by atoms with van der Waals surface area (Å²) >= 11 is 7.80. The summed E-state index contributed by atoms with van der Waals surface area (Å²) in [6, 6.07) is 15.2. The van der Waals surface area contributed by atoms with E-state index in [1.165, 1.54) is 11.3 Å². The number of methoxy groups -OCH3 is 1. The molecule has 0 aliphatic heterocycles. The Hall–Kier alpha value is -3.26.